The molecule has 1 heterocycles. The number of methoxy groups -OCH3 is 1. The van der Waals surface area contributed by atoms with Crippen LogP contribution in [-0.2, 0) is 15.5 Å². The van der Waals surface area contributed by atoms with Crippen LogP contribution in [0.3, 0.4) is 0 Å². The molecule has 1 aromatic rings. The van der Waals surface area contributed by atoms with E-state index in [0.29, 0.717) is 11.8 Å². The molecule has 0 aliphatic heterocycles. The van der Waals surface area contributed by atoms with Crippen molar-refractivity contribution in [1.82, 2.24) is 0 Å². The fourth-order valence-electron chi connectivity index (χ4n) is 0.823. The molecular formula is C11H15ClO5. The van der Waals surface area contributed by atoms with Gasteiger partial charge < -0.3 is 19.1 Å². The van der Waals surface area contributed by atoms with Gasteiger partial charge in [-0.15, -0.1) is 11.6 Å². The molecule has 0 aliphatic rings. The number of ketones is 1. The topological polar surface area (TPSA) is 76.7 Å². The van der Waals surface area contributed by atoms with Gasteiger partial charge in [-0.1, -0.05) is 0 Å². The van der Waals surface area contributed by atoms with Crippen molar-refractivity contribution >= 4 is 23.4 Å². The Morgan fingerprint density at radius 3 is 2.29 bits per heavy atom. The van der Waals surface area contributed by atoms with E-state index in [2.05, 4.69) is 0 Å². The number of ether oxygens (including phenoxy) is 1. The number of carbonyl (C=O) groups excluding carboxylic acids is 1. The van der Waals surface area contributed by atoms with Crippen LogP contribution < -0.4 is 4.74 Å². The lowest BCUT2D eigenvalue weighted by Crippen LogP contribution is -1.98. The Morgan fingerprint density at radius 1 is 1.41 bits per heavy atom. The van der Waals surface area contributed by atoms with Gasteiger partial charge in [-0.05, 0) is 13.0 Å². The second-order valence-corrected chi connectivity index (χ2v) is 3.42. The maximum absolute atomic E-state index is 10.1. The Balaban J connectivity index is 0.000000304. The van der Waals surface area contributed by atoms with Crippen LogP contribution in [0.25, 0.3) is 0 Å². The summed E-state index contributed by atoms with van der Waals surface area (Å²) in [7, 11) is 1.55. The first kappa shape index (κ1) is 15.5. The molecule has 0 fully saturated rings. The van der Waals surface area contributed by atoms with Gasteiger partial charge >= 0.3 is 5.97 Å². The number of carbonyl (C=O) groups is 2. The Bertz CT molecular complexity index is 326. The lowest BCUT2D eigenvalue weighted by atomic mass is 10.2. The minimum absolute atomic E-state index is 0.0463. The smallest absolute Gasteiger partial charge is 0.303 e. The van der Waals surface area contributed by atoms with Crippen molar-refractivity contribution in [2.75, 3.05) is 7.11 Å². The summed E-state index contributed by atoms with van der Waals surface area (Å²) in [4.78, 5) is 19.8. The number of aliphatic carboxylic acids is 1. The number of hydrogen-bond donors (Lipinski definition) is 1. The van der Waals surface area contributed by atoms with Crippen LogP contribution in [0, 0.1) is 0 Å². The maximum atomic E-state index is 10.1. The van der Waals surface area contributed by atoms with Gasteiger partial charge in [0.05, 0.1) is 19.4 Å². The van der Waals surface area contributed by atoms with Crippen LogP contribution in [0.15, 0.2) is 16.5 Å². The summed E-state index contributed by atoms with van der Waals surface area (Å²) in [5.74, 6) is 0.635. The van der Waals surface area contributed by atoms with Gasteiger partial charge in [0, 0.05) is 12.5 Å². The van der Waals surface area contributed by atoms with E-state index in [1.807, 2.05) is 0 Å². The summed E-state index contributed by atoms with van der Waals surface area (Å²) in [6.45, 7) is 1.38. The number of furan rings is 1. The number of alkyl halides is 1. The number of rotatable bonds is 5. The molecule has 0 radical (unpaired) electrons. The Hall–Kier alpha value is -1.49. The predicted octanol–water partition coefficient (Wildman–Crippen LogP) is 2.47. The number of Topliss-reactive ketones (excluding diaryl/α,β-unsaturated/α-hetero) is 1. The summed E-state index contributed by atoms with van der Waals surface area (Å²) in [6.07, 6.45) is 0.102. The maximum Gasteiger partial charge on any atom is 0.303 e. The third-order valence-corrected chi connectivity index (χ3v) is 1.92. The van der Waals surface area contributed by atoms with Gasteiger partial charge in [-0.3, -0.25) is 4.79 Å². The second-order valence-electron chi connectivity index (χ2n) is 3.15. The average Bonchev–Trinajstić information content (AvgIpc) is 2.75. The Labute approximate surface area is 104 Å². The molecule has 0 saturated heterocycles. The van der Waals surface area contributed by atoms with E-state index in [0.717, 1.165) is 5.76 Å². The standard InChI is InChI=1S/C6H7ClO2.C5H8O3/c1-8-6-3-2-5(4-7)9-6;1-4(6)2-3-5(7)8/h2-3H,4H2,1H3;2-3H2,1H3,(H,7,8). The molecular weight excluding hydrogens is 248 g/mol. The highest BCUT2D eigenvalue weighted by Gasteiger charge is 1.98. The Morgan fingerprint density at radius 2 is 2.06 bits per heavy atom. The Kier molecular flexibility index (Phi) is 7.88. The zero-order valence-electron chi connectivity index (χ0n) is 9.73. The van der Waals surface area contributed by atoms with Crippen LogP contribution >= 0.6 is 11.6 Å². The molecule has 1 rings (SSSR count). The fourth-order valence-corrected chi connectivity index (χ4v) is 0.966. The fraction of sp³-hybridized carbons (Fsp3) is 0.455. The van der Waals surface area contributed by atoms with E-state index < -0.39 is 5.97 Å². The highest BCUT2D eigenvalue weighted by Crippen LogP contribution is 2.15. The molecule has 1 aromatic heterocycles. The van der Waals surface area contributed by atoms with Crippen LogP contribution in [0.5, 0.6) is 5.95 Å². The second kappa shape index (κ2) is 8.64. The average molecular weight is 263 g/mol. The first-order valence-electron chi connectivity index (χ1n) is 4.89. The van der Waals surface area contributed by atoms with Gasteiger partial charge in [0.25, 0.3) is 5.95 Å². The quantitative estimate of drug-likeness (QED) is 0.825. The van der Waals surface area contributed by atoms with Gasteiger partial charge in [-0.2, -0.15) is 0 Å². The van der Waals surface area contributed by atoms with Crippen molar-refractivity contribution in [2.24, 2.45) is 0 Å². The van der Waals surface area contributed by atoms with Crippen molar-refractivity contribution in [1.29, 1.82) is 0 Å². The van der Waals surface area contributed by atoms with Crippen molar-refractivity contribution in [3.05, 3.63) is 17.9 Å². The normalized spacial score (nSPS) is 9.12. The van der Waals surface area contributed by atoms with E-state index >= 15 is 0 Å². The van der Waals surface area contributed by atoms with E-state index in [4.69, 9.17) is 25.9 Å². The lowest BCUT2D eigenvalue weighted by Gasteiger charge is -1.89. The molecule has 0 saturated carbocycles. The van der Waals surface area contributed by atoms with Crippen molar-refractivity contribution in [3.63, 3.8) is 0 Å². The molecule has 0 aliphatic carbocycles. The van der Waals surface area contributed by atoms with Crippen LogP contribution in [0.2, 0.25) is 0 Å². The molecule has 0 aromatic carbocycles. The molecule has 0 amide bonds. The highest BCUT2D eigenvalue weighted by atomic mass is 35.5. The molecule has 0 atom stereocenters. The molecule has 6 heteroatoms. The van der Waals surface area contributed by atoms with E-state index in [-0.39, 0.29) is 18.6 Å². The van der Waals surface area contributed by atoms with Crippen LogP contribution in [0.1, 0.15) is 25.5 Å². The van der Waals surface area contributed by atoms with Crippen LogP contribution in [-0.4, -0.2) is 24.0 Å². The summed E-state index contributed by atoms with van der Waals surface area (Å²) >= 11 is 5.45. The number of hydrogen-bond acceptors (Lipinski definition) is 4. The molecule has 17 heavy (non-hydrogen) atoms. The molecule has 0 bridgehead atoms. The van der Waals surface area contributed by atoms with Gasteiger partial charge in [0.1, 0.15) is 11.5 Å². The first-order chi connectivity index (χ1) is 7.99. The van der Waals surface area contributed by atoms with Gasteiger partial charge in [0.15, 0.2) is 0 Å². The number of halogens is 1. The third-order valence-electron chi connectivity index (χ3n) is 1.66. The molecule has 5 nitrogen and oxygen atoms in total. The monoisotopic (exact) mass is 262 g/mol. The number of carboxylic acid groups (broad SMARTS) is 1. The minimum Gasteiger partial charge on any atom is -0.481 e. The van der Waals surface area contributed by atoms with Crippen molar-refractivity contribution in [2.45, 2.75) is 25.6 Å². The van der Waals surface area contributed by atoms with Crippen LogP contribution in [0.4, 0.5) is 0 Å². The SMILES string of the molecule is CC(=O)CCC(=O)O.COc1ccc(CCl)o1. The largest absolute Gasteiger partial charge is 0.481 e. The third kappa shape index (κ3) is 8.33. The summed E-state index contributed by atoms with van der Waals surface area (Å²) in [5, 5.41) is 8.01. The molecule has 0 unspecified atom stereocenters. The van der Waals surface area contributed by atoms with E-state index in [9.17, 15) is 9.59 Å². The molecule has 0 spiro atoms. The molecule has 1 N–H and O–H groups in total. The summed E-state index contributed by atoms with van der Waals surface area (Å²) in [6, 6.07) is 3.52. The lowest BCUT2D eigenvalue weighted by molar-refractivity contribution is -0.138. The zero-order chi connectivity index (χ0) is 13.3. The summed E-state index contributed by atoms with van der Waals surface area (Å²) in [5.41, 5.74) is 0. The predicted molar refractivity (Wildman–Crippen MR) is 62.4 cm³/mol. The van der Waals surface area contributed by atoms with E-state index in [1.165, 1.54) is 6.92 Å². The summed E-state index contributed by atoms with van der Waals surface area (Å²) < 4.78 is 9.80. The van der Waals surface area contributed by atoms with Gasteiger partial charge in [0.2, 0.25) is 0 Å². The first-order valence-corrected chi connectivity index (χ1v) is 5.43. The molecule has 96 valence electrons. The van der Waals surface area contributed by atoms with E-state index in [1.54, 1.807) is 19.2 Å². The highest BCUT2D eigenvalue weighted by molar-refractivity contribution is 6.16. The van der Waals surface area contributed by atoms with Crippen molar-refractivity contribution in [3.8, 4) is 5.95 Å². The zero-order valence-corrected chi connectivity index (χ0v) is 10.5. The van der Waals surface area contributed by atoms with Crippen molar-refractivity contribution < 1.29 is 23.8 Å². The van der Waals surface area contributed by atoms with Gasteiger partial charge in [-0.25, -0.2) is 0 Å². The number of carboxylic acids is 1. The minimum atomic E-state index is -0.916.